The zero-order chi connectivity index (χ0) is 18.1. The Morgan fingerprint density at radius 1 is 1.04 bits per heavy atom. The highest BCUT2D eigenvalue weighted by atomic mass is 35.5. The molecule has 4 rings (SSSR count). The van der Waals surface area contributed by atoms with Crippen molar-refractivity contribution < 1.29 is 0 Å². The van der Waals surface area contributed by atoms with Gasteiger partial charge in [-0.15, -0.1) is 0 Å². The Balaban J connectivity index is 1.77. The topological polar surface area (TPSA) is 77.0 Å². The maximum atomic E-state index is 6.59. The molecule has 5 heteroatoms. The number of hydrogen-bond acceptors (Lipinski definition) is 4. The fourth-order valence-corrected chi connectivity index (χ4v) is 4.09. The van der Waals surface area contributed by atoms with E-state index in [-0.39, 0.29) is 0 Å². The highest BCUT2D eigenvalue weighted by Gasteiger charge is 2.19. The number of nitrogens with two attached hydrogens (primary N) is 2. The third kappa shape index (κ3) is 3.35. The number of pyridine rings is 1. The molecule has 5 N–H and O–H groups in total. The molecule has 26 heavy (non-hydrogen) atoms. The van der Waals surface area contributed by atoms with Crippen molar-refractivity contribution in [3.05, 3.63) is 53.7 Å². The smallest absolute Gasteiger partial charge is 0.132 e. The number of nitrogens with zero attached hydrogens (tertiary/aromatic N) is 1. The molecule has 0 bridgehead atoms. The molecule has 1 aliphatic carbocycles. The summed E-state index contributed by atoms with van der Waals surface area (Å²) < 4.78 is 0. The number of rotatable bonds is 3. The molecule has 0 atom stereocenters. The van der Waals surface area contributed by atoms with E-state index >= 15 is 0 Å². The molecule has 0 radical (unpaired) electrons. The van der Waals surface area contributed by atoms with Gasteiger partial charge in [0.25, 0.3) is 0 Å². The summed E-state index contributed by atoms with van der Waals surface area (Å²) in [7, 11) is 0. The van der Waals surface area contributed by atoms with E-state index in [4.69, 9.17) is 23.1 Å². The third-order valence-electron chi connectivity index (χ3n) is 5.20. The molecule has 0 saturated heterocycles. The SMILES string of the molecule is Nc1ncc(-c2ccccc2)c2cc(NC3CCC(N)CC3)cc(Cl)c12. The Hall–Kier alpha value is -2.30. The van der Waals surface area contributed by atoms with Crippen molar-refractivity contribution in [3.63, 3.8) is 0 Å². The van der Waals surface area contributed by atoms with Gasteiger partial charge in [-0.3, -0.25) is 0 Å². The van der Waals surface area contributed by atoms with Crippen LogP contribution in [0.2, 0.25) is 5.02 Å². The maximum Gasteiger partial charge on any atom is 0.132 e. The minimum Gasteiger partial charge on any atom is -0.383 e. The molecule has 0 spiro atoms. The average Bonchev–Trinajstić information content (AvgIpc) is 2.64. The lowest BCUT2D eigenvalue weighted by atomic mass is 9.91. The number of nitrogen functional groups attached to an aromatic ring is 1. The molecule has 4 nitrogen and oxygen atoms in total. The first-order valence-corrected chi connectivity index (χ1v) is 9.45. The van der Waals surface area contributed by atoms with E-state index in [9.17, 15) is 0 Å². The van der Waals surface area contributed by atoms with Crippen molar-refractivity contribution in [2.75, 3.05) is 11.1 Å². The van der Waals surface area contributed by atoms with Gasteiger partial charge < -0.3 is 16.8 Å². The molecular weight excluding hydrogens is 344 g/mol. The Morgan fingerprint density at radius 2 is 1.77 bits per heavy atom. The molecular formula is C21H23ClN4. The number of aromatic nitrogens is 1. The molecule has 0 amide bonds. The Labute approximate surface area is 158 Å². The van der Waals surface area contributed by atoms with Gasteiger partial charge in [0.15, 0.2) is 0 Å². The van der Waals surface area contributed by atoms with E-state index in [0.717, 1.165) is 53.3 Å². The van der Waals surface area contributed by atoms with Crippen LogP contribution in [0.3, 0.4) is 0 Å². The predicted octanol–water partition coefficient (Wildman–Crippen LogP) is 4.82. The number of hydrogen-bond donors (Lipinski definition) is 3. The normalized spacial score (nSPS) is 20.2. The number of halogens is 1. The lowest BCUT2D eigenvalue weighted by molar-refractivity contribution is 0.411. The second-order valence-electron chi connectivity index (χ2n) is 7.06. The zero-order valence-electron chi connectivity index (χ0n) is 14.6. The van der Waals surface area contributed by atoms with Crippen LogP contribution in [0.25, 0.3) is 21.9 Å². The summed E-state index contributed by atoms with van der Waals surface area (Å²) in [5.74, 6) is 0.458. The molecule has 0 aliphatic heterocycles. The van der Waals surface area contributed by atoms with Gasteiger partial charge in [-0.1, -0.05) is 41.9 Å². The minimum absolute atomic E-state index is 0.337. The van der Waals surface area contributed by atoms with Gasteiger partial charge in [0.1, 0.15) is 5.82 Å². The summed E-state index contributed by atoms with van der Waals surface area (Å²) >= 11 is 6.59. The molecule has 134 valence electrons. The van der Waals surface area contributed by atoms with Crippen LogP contribution < -0.4 is 16.8 Å². The number of benzene rings is 2. The van der Waals surface area contributed by atoms with E-state index in [2.05, 4.69) is 28.5 Å². The van der Waals surface area contributed by atoms with E-state index in [1.807, 2.05) is 30.5 Å². The molecule has 1 aliphatic rings. The van der Waals surface area contributed by atoms with Crippen LogP contribution in [-0.2, 0) is 0 Å². The molecule has 1 saturated carbocycles. The second kappa shape index (κ2) is 7.14. The fourth-order valence-electron chi connectivity index (χ4n) is 3.78. The lowest BCUT2D eigenvalue weighted by Gasteiger charge is -2.28. The molecule has 1 aromatic heterocycles. The number of nitrogens with one attached hydrogen (secondary N) is 1. The van der Waals surface area contributed by atoms with Crippen molar-refractivity contribution in [3.8, 4) is 11.1 Å². The summed E-state index contributed by atoms with van der Waals surface area (Å²) in [6.45, 7) is 0. The van der Waals surface area contributed by atoms with Crippen molar-refractivity contribution in [2.45, 2.75) is 37.8 Å². The number of fused-ring (bicyclic) bond motifs is 1. The Bertz CT molecular complexity index is 918. The maximum absolute atomic E-state index is 6.59. The van der Waals surface area contributed by atoms with Crippen LogP contribution in [0.4, 0.5) is 11.5 Å². The van der Waals surface area contributed by atoms with Gasteiger partial charge in [0.05, 0.1) is 5.02 Å². The lowest BCUT2D eigenvalue weighted by Crippen LogP contribution is -2.32. The first-order chi connectivity index (χ1) is 12.6. The summed E-state index contributed by atoms with van der Waals surface area (Å²) in [5, 5.41) is 6.09. The summed E-state index contributed by atoms with van der Waals surface area (Å²) in [6, 6.07) is 15.0. The first kappa shape index (κ1) is 17.1. The highest BCUT2D eigenvalue weighted by molar-refractivity contribution is 6.37. The van der Waals surface area contributed by atoms with E-state index in [0.29, 0.717) is 22.9 Å². The second-order valence-corrected chi connectivity index (χ2v) is 7.47. The van der Waals surface area contributed by atoms with Gasteiger partial charge in [-0.05, 0) is 48.8 Å². The van der Waals surface area contributed by atoms with Crippen LogP contribution >= 0.6 is 11.6 Å². The standard InChI is InChI=1S/C21H23ClN4/c22-19-11-16(26-15-8-6-14(23)7-9-15)10-17-18(12-25-21(24)20(17)19)13-4-2-1-3-5-13/h1-5,10-12,14-15,26H,6-9,23H2,(H2,24,25). The summed E-state index contributed by atoms with van der Waals surface area (Å²) in [5.41, 5.74) is 15.3. The molecule has 3 aromatic rings. The monoisotopic (exact) mass is 366 g/mol. The van der Waals surface area contributed by atoms with Crippen LogP contribution in [0, 0.1) is 0 Å². The largest absolute Gasteiger partial charge is 0.383 e. The average molecular weight is 367 g/mol. The number of anilines is 2. The van der Waals surface area contributed by atoms with Crippen molar-refractivity contribution in [2.24, 2.45) is 5.73 Å². The molecule has 1 heterocycles. The third-order valence-corrected chi connectivity index (χ3v) is 5.49. The van der Waals surface area contributed by atoms with Gasteiger partial charge in [0, 0.05) is 34.9 Å². The zero-order valence-corrected chi connectivity index (χ0v) is 15.3. The highest BCUT2D eigenvalue weighted by Crippen LogP contribution is 2.37. The summed E-state index contributed by atoms with van der Waals surface area (Å²) in [4.78, 5) is 4.36. The predicted molar refractivity (Wildman–Crippen MR) is 110 cm³/mol. The van der Waals surface area contributed by atoms with Crippen LogP contribution in [0.1, 0.15) is 25.7 Å². The quantitative estimate of drug-likeness (QED) is 0.621. The Kier molecular flexibility index (Phi) is 4.70. The molecule has 2 aromatic carbocycles. The minimum atomic E-state index is 0.337. The van der Waals surface area contributed by atoms with Crippen LogP contribution in [0.15, 0.2) is 48.7 Å². The van der Waals surface area contributed by atoms with Gasteiger partial charge in [0.2, 0.25) is 0 Å². The van der Waals surface area contributed by atoms with E-state index < -0.39 is 0 Å². The van der Waals surface area contributed by atoms with Crippen LogP contribution in [0.5, 0.6) is 0 Å². The van der Waals surface area contributed by atoms with Gasteiger partial charge >= 0.3 is 0 Å². The Morgan fingerprint density at radius 3 is 2.50 bits per heavy atom. The van der Waals surface area contributed by atoms with E-state index in [1.165, 1.54) is 0 Å². The van der Waals surface area contributed by atoms with Crippen LogP contribution in [-0.4, -0.2) is 17.1 Å². The molecule has 1 fully saturated rings. The van der Waals surface area contributed by atoms with Gasteiger partial charge in [-0.25, -0.2) is 4.98 Å². The van der Waals surface area contributed by atoms with Crippen molar-refractivity contribution in [1.82, 2.24) is 4.98 Å². The van der Waals surface area contributed by atoms with Crippen molar-refractivity contribution in [1.29, 1.82) is 0 Å². The summed E-state index contributed by atoms with van der Waals surface area (Å²) in [6.07, 6.45) is 6.12. The fraction of sp³-hybridized carbons (Fsp3) is 0.286. The van der Waals surface area contributed by atoms with Crippen molar-refractivity contribution >= 4 is 33.9 Å². The molecule has 0 unspecified atom stereocenters. The van der Waals surface area contributed by atoms with E-state index in [1.54, 1.807) is 0 Å². The van der Waals surface area contributed by atoms with Gasteiger partial charge in [-0.2, -0.15) is 0 Å². The first-order valence-electron chi connectivity index (χ1n) is 9.07.